The number of carboxylic acid groups (broad SMARTS) is 1. The largest absolute Gasteiger partial charge is 0.480 e. The first-order valence-electron chi connectivity index (χ1n) is 6.11. The van der Waals surface area contributed by atoms with E-state index >= 15 is 0 Å². The molecule has 8 heteroatoms. The third-order valence-corrected chi connectivity index (χ3v) is 3.45. The van der Waals surface area contributed by atoms with Gasteiger partial charge in [-0.1, -0.05) is 25.6 Å². The maximum Gasteiger partial charge on any atom is 0.344 e. The number of hydrogen-bond acceptors (Lipinski definition) is 5. The van der Waals surface area contributed by atoms with Crippen molar-refractivity contribution in [1.29, 1.82) is 0 Å². The van der Waals surface area contributed by atoms with Crippen molar-refractivity contribution in [3.05, 3.63) is 10.5 Å². The number of hydrogen-bond donors (Lipinski definition) is 3. The second kappa shape index (κ2) is 6.76. The van der Waals surface area contributed by atoms with Crippen LogP contribution in [0, 0.1) is 0 Å². The number of aromatic nitrogens is 3. The molecule has 0 saturated carbocycles. The summed E-state index contributed by atoms with van der Waals surface area (Å²) in [6, 6.07) is -0.610. The van der Waals surface area contributed by atoms with E-state index in [2.05, 4.69) is 15.5 Å². The Kier molecular flexibility index (Phi) is 5.61. The number of rotatable bonds is 7. The summed E-state index contributed by atoms with van der Waals surface area (Å²) in [7, 11) is 0. The molecule has 1 unspecified atom stereocenters. The summed E-state index contributed by atoms with van der Waals surface area (Å²) >= 11 is 1.25. The number of aromatic amines is 1. The first kappa shape index (κ1) is 15.8. The van der Waals surface area contributed by atoms with E-state index in [-0.39, 0.29) is 17.8 Å². The van der Waals surface area contributed by atoms with E-state index in [9.17, 15) is 9.59 Å². The van der Waals surface area contributed by atoms with Crippen molar-refractivity contribution in [2.24, 2.45) is 0 Å². The molecule has 3 N–H and O–H groups in total. The monoisotopic (exact) mass is 288 g/mol. The van der Waals surface area contributed by atoms with Crippen LogP contribution in [0.5, 0.6) is 0 Å². The quantitative estimate of drug-likeness (QED) is 0.638. The molecule has 1 rings (SSSR count). The smallest absolute Gasteiger partial charge is 0.344 e. The Bertz CT molecular complexity index is 481. The van der Waals surface area contributed by atoms with E-state index in [0.717, 1.165) is 0 Å². The molecule has 108 valence electrons. The average Bonchev–Trinajstić information content (AvgIpc) is 2.64. The zero-order chi connectivity index (χ0) is 14.6. The van der Waals surface area contributed by atoms with Crippen molar-refractivity contribution in [2.75, 3.05) is 5.75 Å². The van der Waals surface area contributed by atoms with E-state index in [4.69, 9.17) is 5.11 Å². The first-order chi connectivity index (χ1) is 8.82. The van der Waals surface area contributed by atoms with Crippen LogP contribution in [0.15, 0.2) is 9.95 Å². The highest BCUT2D eigenvalue weighted by atomic mass is 32.2. The van der Waals surface area contributed by atoms with Crippen LogP contribution < -0.4 is 11.0 Å². The van der Waals surface area contributed by atoms with Crippen molar-refractivity contribution in [2.45, 2.75) is 51.0 Å². The molecule has 1 aromatic heterocycles. The fourth-order valence-corrected chi connectivity index (χ4v) is 2.70. The van der Waals surface area contributed by atoms with Crippen LogP contribution in [0.25, 0.3) is 0 Å². The van der Waals surface area contributed by atoms with Gasteiger partial charge in [-0.2, -0.15) is 0 Å². The Morgan fingerprint density at radius 3 is 2.58 bits per heavy atom. The molecule has 7 nitrogen and oxygen atoms in total. The molecular weight excluding hydrogens is 268 g/mol. The third kappa shape index (κ3) is 4.39. The van der Waals surface area contributed by atoms with Crippen molar-refractivity contribution in [3.8, 4) is 0 Å². The zero-order valence-electron chi connectivity index (χ0n) is 11.5. The fourth-order valence-electron chi connectivity index (χ4n) is 1.60. The number of carboxylic acids is 1. The summed E-state index contributed by atoms with van der Waals surface area (Å²) < 4.78 is 1.51. The van der Waals surface area contributed by atoms with E-state index in [1.807, 2.05) is 27.7 Å². The minimum atomic E-state index is -0.907. The molecule has 0 saturated heterocycles. The molecule has 0 spiro atoms. The lowest BCUT2D eigenvalue weighted by Crippen LogP contribution is -2.42. The van der Waals surface area contributed by atoms with Crippen LogP contribution in [0.3, 0.4) is 0 Å². The molecule has 0 fully saturated rings. The van der Waals surface area contributed by atoms with Crippen molar-refractivity contribution in [1.82, 2.24) is 20.1 Å². The number of nitrogens with zero attached hydrogens (tertiary/aromatic N) is 2. The van der Waals surface area contributed by atoms with Gasteiger partial charge in [-0.05, 0) is 13.8 Å². The SMILES string of the molecule is CC(C)NC(CSc1n[nH]c(=O)n1C(C)C)C(=O)O. The molecule has 0 aliphatic heterocycles. The molecule has 0 bridgehead atoms. The standard InChI is InChI=1S/C11H20N4O3S/c1-6(2)12-8(9(16)17)5-19-11-14-13-10(18)15(11)7(3)4/h6-8,12H,5H2,1-4H3,(H,13,18)(H,16,17). The normalized spacial score (nSPS) is 13.2. The van der Waals surface area contributed by atoms with Gasteiger partial charge in [-0.25, -0.2) is 9.89 Å². The summed E-state index contributed by atoms with van der Waals surface area (Å²) in [5.74, 6) is -0.597. The molecule has 0 amide bonds. The van der Waals surface area contributed by atoms with Gasteiger partial charge < -0.3 is 10.4 Å². The molecule has 19 heavy (non-hydrogen) atoms. The molecule has 1 heterocycles. The fraction of sp³-hybridized carbons (Fsp3) is 0.727. The molecule has 1 aromatic rings. The van der Waals surface area contributed by atoms with E-state index in [1.165, 1.54) is 16.3 Å². The van der Waals surface area contributed by atoms with Crippen LogP contribution in [-0.4, -0.2) is 43.7 Å². The van der Waals surface area contributed by atoms with E-state index in [1.54, 1.807) is 0 Å². The Morgan fingerprint density at radius 1 is 1.47 bits per heavy atom. The van der Waals surface area contributed by atoms with Gasteiger partial charge in [0.1, 0.15) is 6.04 Å². The van der Waals surface area contributed by atoms with Crippen LogP contribution in [0.4, 0.5) is 0 Å². The Labute approximate surface area is 115 Å². The van der Waals surface area contributed by atoms with Crippen LogP contribution in [0.1, 0.15) is 33.7 Å². The molecule has 0 radical (unpaired) electrons. The topological polar surface area (TPSA) is 100 Å². The van der Waals surface area contributed by atoms with E-state index in [0.29, 0.717) is 10.9 Å². The summed E-state index contributed by atoms with van der Waals surface area (Å²) in [6.45, 7) is 7.53. The van der Waals surface area contributed by atoms with Gasteiger partial charge in [-0.3, -0.25) is 9.36 Å². The maximum absolute atomic E-state index is 11.5. The molecule has 0 aliphatic rings. The van der Waals surface area contributed by atoms with Gasteiger partial charge in [0.05, 0.1) is 0 Å². The summed E-state index contributed by atoms with van der Waals surface area (Å²) in [4.78, 5) is 22.6. The number of H-pyrrole nitrogens is 1. The summed E-state index contributed by atoms with van der Waals surface area (Å²) in [6.07, 6.45) is 0. The highest BCUT2D eigenvalue weighted by molar-refractivity contribution is 7.99. The maximum atomic E-state index is 11.5. The Morgan fingerprint density at radius 2 is 2.11 bits per heavy atom. The van der Waals surface area contributed by atoms with Crippen molar-refractivity contribution < 1.29 is 9.90 Å². The Hall–Kier alpha value is -1.28. The van der Waals surface area contributed by atoms with Gasteiger partial charge in [-0.15, -0.1) is 5.10 Å². The highest BCUT2D eigenvalue weighted by Crippen LogP contribution is 2.17. The van der Waals surface area contributed by atoms with Gasteiger partial charge in [0.25, 0.3) is 0 Å². The van der Waals surface area contributed by atoms with Gasteiger partial charge in [0.15, 0.2) is 5.16 Å². The minimum Gasteiger partial charge on any atom is -0.480 e. The average molecular weight is 288 g/mol. The Balaban J connectivity index is 2.75. The number of thioether (sulfide) groups is 1. The summed E-state index contributed by atoms with van der Waals surface area (Å²) in [5.41, 5.74) is -0.277. The number of carbonyl (C=O) groups is 1. The molecule has 0 aromatic carbocycles. The first-order valence-corrected chi connectivity index (χ1v) is 7.10. The zero-order valence-corrected chi connectivity index (χ0v) is 12.3. The second-order valence-corrected chi connectivity index (χ2v) is 5.79. The number of aliphatic carboxylic acids is 1. The van der Waals surface area contributed by atoms with E-state index < -0.39 is 12.0 Å². The van der Waals surface area contributed by atoms with Gasteiger partial charge in [0.2, 0.25) is 0 Å². The second-order valence-electron chi connectivity index (χ2n) is 4.80. The molecular formula is C11H20N4O3S. The summed E-state index contributed by atoms with van der Waals surface area (Å²) in [5, 5.41) is 18.9. The van der Waals surface area contributed by atoms with Crippen molar-refractivity contribution >= 4 is 17.7 Å². The van der Waals surface area contributed by atoms with Gasteiger partial charge >= 0.3 is 11.7 Å². The highest BCUT2D eigenvalue weighted by Gasteiger charge is 2.20. The lowest BCUT2D eigenvalue weighted by molar-refractivity contribution is -0.139. The number of nitrogens with one attached hydrogen (secondary N) is 2. The van der Waals surface area contributed by atoms with Crippen LogP contribution in [0.2, 0.25) is 0 Å². The van der Waals surface area contributed by atoms with Crippen LogP contribution in [-0.2, 0) is 4.79 Å². The predicted octanol–water partition coefficient (Wildman–Crippen LogP) is 0.696. The van der Waals surface area contributed by atoms with Crippen molar-refractivity contribution in [3.63, 3.8) is 0 Å². The lowest BCUT2D eigenvalue weighted by atomic mass is 10.3. The van der Waals surface area contributed by atoms with Gasteiger partial charge in [0, 0.05) is 17.8 Å². The molecule has 0 aliphatic carbocycles. The lowest BCUT2D eigenvalue weighted by Gasteiger charge is -2.17. The minimum absolute atomic E-state index is 0.0184. The predicted molar refractivity (Wildman–Crippen MR) is 73.7 cm³/mol. The van der Waals surface area contributed by atoms with Crippen LogP contribution >= 0.6 is 11.8 Å². The third-order valence-electron chi connectivity index (χ3n) is 2.40. The molecule has 1 atom stereocenters.